The van der Waals surface area contributed by atoms with Crippen LogP contribution >= 0.6 is 9.90 Å². The van der Waals surface area contributed by atoms with Gasteiger partial charge < -0.3 is 9.90 Å². The van der Waals surface area contributed by atoms with Gasteiger partial charge in [-0.3, -0.25) is 0 Å². The van der Waals surface area contributed by atoms with Crippen LogP contribution < -0.4 is 0 Å². The molecule has 0 heterocycles. The maximum atomic E-state index is 3.51. The normalized spacial score (nSPS) is 6.00. The van der Waals surface area contributed by atoms with Crippen molar-refractivity contribution in [3.8, 4) is 0 Å². The van der Waals surface area contributed by atoms with Crippen LogP contribution in [0.5, 0.6) is 0 Å². The van der Waals surface area contributed by atoms with Crippen molar-refractivity contribution in [2.45, 2.75) is 15.0 Å². The van der Waals surface area contributed by atoms with Crippen molar-refractivity contribution in [2.24, 2.45) is 0 Å². The van der Waals surface area contributed by atoms with Crippen molar-refractivity contribution < 1.29 is 54.9 Å². The fourth-order valence-electron chi connectivity index (χ4n) is 0. The Morgan fingerprint density at radius 2 is 0.769 bits per heavy atom. The van der Waals surface area contributed by atoms with E-state index in [9.17, 15) is 0 Å². The Labute approximate surface area is 117 Å². The average molecular weight is 350 g/mol. The van der Waals surface area contributed by atoms with Gasteiger partial charge in [-0.05, 0) is 0 Å². The third-order valence-corrected chi connectivity index (χ3v) is 3.18. The van der Waals surface area contributed by atoms with Crippen molar-refractivity contribution in [2.75, 3.05) is 0 Å². The molecule has 0 aromatic rings. The van der Waals surface area contributed by atoms with Crippen LogP contribution in [0.1, 0.15) is 0 Å². The molecule has 0 amide bonds. The van der Waals surface area contributed by atoms with E-state index in [1.807, 2.05) is 18.2 Å². The van der Waals surface area contributed by atoms with Gasteiger partial charge in [0.25, 0.3) is 0 Å². The summed E-state index contributed by atoms with van der Waals surface area (Å²) in [6.45, 7) is 10.5. The summed E-state index contributed by atoms with van der Waals surface area (Å²) in [6, 6.07) is 0. The van der Waals surface area contributed by atoms with Gasteiger partial charge in [0.2, 0.25) is 0 Å². The first kappa shape index (κ1) is 24.0. The molecule has 0 aliphatic rings. The smallest absolute Gasteiger partial charge is 3.00 e. The molecule has 4 heteroatoms. The summed E-state index contributed by atoms with van der Waals surface area (Å²) in [5.74, 6) is 0. The molecule has 0 saturated heterocycles. The van der Waals surface area contributed by atoms with Gasteiger partial charge in [0.05, 0.1) is 0 Å². The Bertz CT molecular complexity index is 75.8. The summed E-state index contributed by atoms with van der Waals surface area (Å²) in [7, 11) is 0. The summed E-state index contributed by atoms with van der Waals surface area (Å²) in [6.07, 6.45) is 5.79. The Morgan fingerprint density at radius 3 is 0.769 bits per heavy atom. The first-order chi connectivity index (χ1) is 5.74. The molecule has 0 saturated carbocycles. The summed E-state index contributed by atoms with van der Waals surface area (Å²) in [4.78, 5) is 0. The molecule has 0 nitrogen and oxygen atoms in total. The van der Waals surface area contributed by atoms with Crippen molar-refractivity contribution in [3.63, 3.8) is 0 Å². The van der Waals surface area contributed by atoms with E-state index >= 15 is 0 Å². The molecule has 0 aliphatic carbocycles. The molecule has 62 valence electrons. The van der Waals surface area contributed by atoms with E-state index in [0.717, 1.165) is 0 Å². The zero-order valence-electron chi connectivity index (χ0n) is 8.54. The van der Waals surface area contributed by atoms with E-state index in [1.165, 1.54) is 70.0 Å². The molecule has 0 aromatic heterocycles. The molecule has 0 N–H and O–H groups in total. The van der Waals surface area contributed by atoms with E-state index < -0.39 is 0 Å². The van der Waals surface area contributed by atoms with E-state index in [1.54, 1.807) is 0 Å². The zero-order chi connectivity index (χ0) is 10.2. The van der Waals surface area contributed by atoms with Crippen molar-refractivity contribution in [1.82, 2.24) is 0 Å². The maximum absolute atomic E-state index is 3.51. The minimum Gasteiger partial charge on any atom is -3.00 e. The van der Waals surface area contributed by atoms with Gasteiger partial charge in [-0.1, -0.05) is 0 Å². The van der Waals surface area contributed by atoms with Crippen molar-refractivity contribution >= 4 is 9.90 Å². The summed E-state index contributed by atoms with van der Waals surface area (Å²) >= 11 is 4.05. The van der Waals surface area contributed by atoms with Gasteiger partial charge in [-0.25, -0.2) is 0 Å². The van der Waals surface area contributed by atoms with Gasteiger partial charge in [-0.2, -0.15) is 0 Å². The van der Waals surface area contributed by atoms with Crippen LogP contribution in [0.25, 0.3) is 0 Å². The zero-order valence-corrected chi connectivity index (χ0v) is 18.3. The topological polar surface area (TPSA) is 0 Å². The van der Waals surface area contributed by atoms with Gasteiger partial charge in [0, 0.05) is 0 Å². The number of hydrogen-bond acceptors (Lipinski definition) is 0. The molecule has 0 aliphatic heterocycles. The van der Waals surface area contributed by atoms with Crippen LogP contribution in [-0.2, 0) is 54.9 Å². The fraction of sp³-hybridized carbons (Fsp3) is 0.333. The fourth-order valence-corrected chi connectivity index (χ4v) is 0. The third kappa shape index (κ3) is 87.8. The number of hydrogen-bond donors (Lipinski definition) is 0. The predicted octanol–water partition coefficient (Wildman–Crippen LogP) is 4.27. The Kier molecular flexibility index (Phi) is 69.1. The Balaban J connectivity index is -0.0000000450. The minimum absolute atomic E-state index is 0. The summed E-state index contributed by atoms with van der Waals surface area (Å²) in [5, 5.41) is 3.63. The quantitative estimate of drug-likeness (QED) is 0.405. The van der Waals surface area contributed by atoms with Crippen LogP contribution in [-0.4, -0.2) is 0 Å². The number of rotatable bonds is 3. The Morgan fingerprint density at radius 1 is 0.692 bits per heavy atom. The SMILES string of the molecule is C=C[CH2][Zn+].C=C[CH2][Zn+].C=C[CH2][Zn+].[P-3]. The minimum atomic E-state index is 0. The predicted molar refractivity (Wildman–Crippen MR) is 51.9 cm³/mol. The van der Waals surface area contributed by atoms with E-state index in [0.29, 0.717) is 0 Å². The molecule has 0 aromatic carbocycles. The largest absolute Gasteiger partial charge is 3.00 e. The summed E-state index contributed by atoms with van der Waals surface area (Å²) < 4.78 is 0. The van der Waals surface area contributed by atoms with Crippen molar-refractivity contribution in [1.29, 1.82) is 0 Å². The monoisotopic (exact) mass is 346 g/mol. The number of allylic oxidation sites excluding steroid dienone is 3. The van der Waals surface area contributed by atoms with Crippen LogP contribution in [0, 0.1) is 0 Å². The van der Waals surface area contributed by atoms with Gasteiger partial charge in [0.15, 0.2) is 0 Å². The second-order valence-electron chi connectivity index (χ2n) is 1.73. The molecule has 0 radical (unpaired) electrons. The van der Waals surface area contributed by atoms with Gasteiger partial charge in [0.1, 0.15) is 0 Å². The summed E-state index contributed by atoms with van der Waals surface area (Å²) in [5.41, 5.74) is 0. The van der Waals surface area contributed by atoms with Crippen molar-refractivity contribution in [3.05, 3.63) is 38.0 Å². The molecule has 13 heavy (non-hydrogen) atoms. The Hall–Kier alpha value is 1.52. The first-order valence-corrected chi connectivity index (χ1v) is 10.2. The van der Waals surface area contributed by atoms with Crippen LogP contribution in [0.4, 0.5) is 0 Å². The molecule has 0 fully saturated rings. The molecule has 0 bridgehead atoms. The van der Waals surface area contributed by atoms with Crippen LogP contribution in [0.2, 0.25) is 15.0 Å². The molecular formula is C9H15PZn3. The van der Waals surface area contributed by atoms with E-state index in [2.05, 4.69) is 19.7 Å². The maximum Gasteiger partial charge on any atom is -3.00 e. The van der Waals surface area contributed by atoms with Crippen LogP contribution in [0.15, 0.2) is 38.0 Å². The van der Waals surface area contributed by atoms with Crippen LogP contribution in [0.3, 0.4) is 0 Å². The molecular weight excluding hydrogens is 335 g/mol. The second kappa shape index (κ2) is 37.5. The molecule has 0 unspecified atom stereocenters. The third-order valence-electron chi connectivity index (χ3n) is 0.612. The second-order valence-corrected chi connectivity index (χ2v) is 5.37. The molecule has 0 rings (SSSR count). The average Bonchev–Trinajstić information content (AvgIpc) is 2.18. The van der Waals surface area contributed by atoms with Gasteiger partial charge in [-0.15, -0.1) is 0 Å². The standard InChI is InChI=1S/3C3H5.P.3Zn/c3*1-3-2;;;;/h3*3H,1-2H2;;;;/q;;;-3;3*+1. The first-order valence-electron chi connectivity index (χ1n) is 3.95. The van der Waals surface area contributed by atoms with E-state index in [-0.39, 0.29) is 9.90 Å². The van der Waals surface area contributed by atoms with E-state index in [4.69, 9.17) is 0 Å². The van der Waals surface area contributed by atoms with Gasteiger partial charge >= 0.3 is 108 Å². The molecule has 0 spiro atoms. The molecule has 0 atom stereocenters.